The van der Waals surface area contributed by atoms with Crippen LogP contribution < -0.4 is 5.32 Å². The van der Waals surface area contributed by atoms with E-state index in [0.29, 0.717) is 28.0 Å². The molecule has 1 aliphatic heterocycles. The van der Waals surface area contributed by atoms with Gasteiger partial charge < -0.3 is 24.9 Å². The van der Waals surface area contributed by atoms with Crippen LogP contribution in [0, 0.1) is 0 Å². The quantitative estimate of drug-likeness (QED) is 0.391. The highest BCUT2D eigenvalue weighted by molar-refractivity contribution is 7.46. The summed E-state index contributed by atoms with van der Waals surface area (Å²) in [7, 11) is -3.13. The van der Waals surface area contributed by atoms with Crippen molar-refractivity contribution in [3.63, 3.8) is 0 Å². The first kappa shape index (κ1) is 21.5. The molecule has 0 bridgehead atoms. The number of hydrogen-bond acceptors (Lipinski definition) is 8. The number of carbonyl (C=O) groups is 1. The standard InChI is InChI=1S/C18H20N5O7P/c1-19-18(25)11-4-2-3-10(5-11)15-16-17(21-8-20-15)23(9-22-16)14-6-12(24)13(30-14)7-29-31(26,27)28/h2-5,8-9,12-14,24H,6-7H2,1H3,(H,19,25)(H2,26,27,28)/t12-,13+,14+/m0/s1. The lowest BCUT2D eigenvalue weighted by atomic mass is 10.1. The van der Waals surface area contributed by atoms with Gasteiger partial charge in [-0.3, -0.25) is 13.9 Å². The summed E-state index contributed by atoms with van der Waals surface area (Å²) in [6.45, 7) is -0.457. The van der Waals surface area contributed by atoms with Gasteiger partial charge in [-0.15, -0.1) is 0 Å². The normalized spacial score (nSPS) is 21.5. The number of benzene rings is 1. The predicted octanol–water partition coefficient (Wildman–Crippen LogP) is 0.611. The molecular formula is C18H20N5O7P. The summed E-state index contributed by atoms with van der Waals surface area (Å²) in [6.07, 6.45) is 0.453. The van der Waals surface area contributed by atoms with E-state index in [9.17, 15) is 14.5 Å². The van der Waals surface area contributed by atoms with E-state index in [2.05, 4.69) is 24.8 Å². The molecule has 0 unspecified atom stereocenters. The maximum atomic E-state index is 12.0. The number of imidazole rings is 1. The van der Waals surface area contributed by atoms with Crippen molar-refractivity contribution in [2.75, 3.05) is 13.7 Å². The van der Waals surface area contributed by atoms with Gasteiger partial charge in [0.2, 0.25) is 0 Å². The van der Waals surface area contributed by atoms with Gasteiger partial charge in [-0.05, 0) is 12.1 Å². The van der Waals surface area contributed by atoms with Crippen LogP contribution in [0.1, 0.15) is 23.0 Å². The van der Waals surface area contributed by atoms with Crippen molar-refractivity contribution in [3.05, 3.63) is 42.5 Å². The Balaban J connectivity index is 1.63. The van der Waals surface area contributed by atoms with Gasteiger partial charge in [0.1, 0.15) is 29.9 Å². The number of nitrogens with one attached hydrogen (secondary N) is 1. The summed E-state index contributed by atoms with van der Waals surface area (Å²) in [4.78, 5) is 42.6. The lowest BCUT2D eigenvalue weighted by Crippen LogP contribution is -2.25. The molecule has 1 aliphatic rings. The molecule has 3 heterocycles. The van der Waals surface area contributed by atoms with Gasteiger partial charge >= 0.3 is 7.82 Å². The number of phosphoric ester groups is 1. The Hall–Kier alpha value is -2.73. The molecule has 164 valence electrons. The molecule has 4 N–H and O–H groups in total. The second-order valence-electron chi connectivity index (χ2n) is 6.92. The summed E-state index contributed by atoms with van der Waals surface area (Å²) in [6, 6.07) is 6.93. The molecule has 1 amide bonds. The highest BCUT2D eigenvalue weighted by atomic mass is 31.2. The monoisotopic (exact) mass is 449 g/mol. The SMILES string of the molecule is CNC(=O)c1cccc(-c2ncnc3c2ncn3[C@H]2C[C@H](O)[C@@H](COP(=O)(O)O)O2)c1. The zero-order chi connectivity index (χ0) is 22.2. The summed E-state index contributed by atoms with van der Waals surface area (Å²) in [5.74, 6) is -0.227. The third-order valence-corrected chi connectivity index (χ3v) is 5.39. The van der Waals surface area contributed by atoms with Gasteiger partial charge in [0.25, 0.3) is 5.91 Å². The number of rotatable bonds is 6. The van der Waals surface area contributed by atoms with Crippen LogP contribution >= 0.6 is 7.82 Å². The minimum Gasteiger partial charge on any atom is -0.390 e. The molecule has 1 fully saturated rings. The maximum Gasteiger partial charge on any atom is 0.469 e. The molecular weight excluding hydrogens is 429 g/mol. The van der Waals surface area contributed by atoms with E-state index in [-0.39, 0.29) is 12.3 Å². The molecule has 13 heteroatoms. The van der Waals surface area contributed by atoms with E-state index >= 15 is 0 Å². The highest BCUT2D eigenvalue weighted by Gasteiger charge is 2.37. The second kappa shape index (κ2) is 8.42. The number of nitrogens with zero attached hydrogens (tertiary/aromatic N) is 4. The van der Waals surface area contributed by atoms with Crippen LogP contribution in [-0.2, 0) is 13.8 Å². The zero-order valence-electron chi connectivity index (χ0n) is 16.3. The highest BCUT2D eigenvalue weighted by Crippen LogP contribution is 2.39. The lowest BCUT2D eigenvalue weighted by molar-refractivity contribution is -0.0424. The Kier molecular flexibility index (Phi) is 5.84. The lowest BCUT2D eigenvalue weighted by Gasteiger charge is -2.16. The van der Waals surface area contributed by atoms with Gasteiger partial charge in [0, 0.05) is 24.6 Å². The predicted molar refractivity (Wildman–Crippen MR) is 107 cm³/mol. The van der Waals surface area contributed by atoms with Crippen molar-refractivity contribution < 1.29 is 33.5 Å². The average Bonchev–Trinajstić information content (AvgIpc) is 3.34. The van der Waals surface area contributed by atoms with E-state index in [1.807, 2.05) is 0 Å². The minimum atomic E-state index is -4.68. The molecule has 0 saturated carbocycles. The molecule has 0 aliphatic carbocycles. The van der Waals surface area contributed by atoms with E-state index in [0.717, 1.165) is 0 Å². The number of amides is 1. The van der Waals surface area contributed by atoms with Crippen LogP contribution in [-0.4, -0.2) is 66.2 Å². The molecule has 31 heavy (non-hydrogen) atoms. The second-order valence-corrected chi connectivity index (χ2v) is 8.16. The third kappa shape index (κ3) is 4.49. The van der Waals surface area contributed by atoms with Crippen LogP contribution in [0.5, 0.6) is 0 Å². The Morgan fingerprint density at radius 3 is 2.90 bits per heavy atom. The van der Waals surface area contributed by atoms with Crippen LogP contribution in [0.3, 0.4) is 0 Å². The van der Waals surface area contributed by atoms with Crippen LogP contribution in [0.15, 0.2) is 36.9 Å². The fourth-order valence-corrected chi connectivity index (χ4v) is 3.77. The largest absolute Gasteiger partial charge is 0.469 e. The number of hydrogen-bond donors (Lipinski definition) is 4. The molecule has 0 radical (unpaired) electrons. The Morgan fingerprint density at radius 1 is 1.35 bits per heavy atom. The number of carbonyl (C=O) groups excluding carboxylic acids is 1. The number of aromatic nitrogens is 4. The maximum absolute atomic E-state index is 12.0. The summed E-state index contributed by atoms with van der Waals surface area (Å²) in [5, 5.41) is 12.8. The smallest absolute Gasteiger partial charge is 0.390 e. The number of aliphatic hydroxyl groups excluding tert-OH is 1. The third-order valence-electron chi connectivity index (χ3n) is 4.91. The van der Waals surface area contributed by atoms with E-state index < -0.39 is 32.9 Å². The zero-order valence-corrected chi connectivity index (χ0v) is 17.2. The topological polar surface area (TPSA) is 169 Å². The fourth-order valence-electron chi connectivity index (χ4n) is 3.43. The average molecular weight is 449 g/mol. The van der Waals surface area contributed by atoms with Crippen molar-refractivity contribution in [2.24, 2.45) is 0 Å². The van der Waals surface area contributed by atoms with Crippen molar-refractivity contribution in [1.82, 2.24) is 24.8 Å². The number of ether oxygens (including phenoxy) is 1. The first-order valence-electron chi connectivity index (χ1n) is 9.30. The molecule has 12 nitrogen and oxygen atoms in total. The van der Waals surface area contributed by atoms with Crippen LogP contribution in [0.4, 0.5) is 0 Å². The molecule has 3 atom stereocenters. The van der Waals surface area contributed by atoms with Crippen molar-refractivity contribution in [1.29, 1.82) is 0 Å². The molecule has 3 aromatic rings. The Labute approximate surface area is 176 Å². The number of phosphoric acid groups is 1. The molecule has 4 rings (SSSR count). The summed E-state index contributed by atoms with van der Waals surface area (Å²) < 4.78 is 22.7. The molecule has 0 spiro atoms. The minimum absolute atomic E-state index is 0.159. The number of fused-ring (bicyclic) bond motifs is 1. The van der Waals surface area contributed by atoms with Gasteiger partial charge in [0.15, 0.2) is 5.65 Å². The van der Waals surface area contributed by atoms with Crippen LogP contribution in [0.25, 0.3) is 22.4 Å². The van der Waals surface area contributed by atoms with E-state index in [4.69, 9.17) is 14.5 Å². The first-order valence-corrected chi connectivity index (χ1v) is 10.8. The summed E-state index contributed by atoms with van der Waals surface area (Å²) >= 11 is 0. The fraction of sp³-hybridized carbons (Fsp3) is 0.333. The van der Waals surface area contributed by atoms with Gasteiger partial charge in [-0.1, -0.05) is 12.1 Å². The van der Waals surface area contributed by atoms with E-state index in [1.54, 1.807) is 35.9 Å². The summed E-state index contributed by atoms with van der Waals surface area (Å²) in [5.41, 5.74) is 2.60. The Bertz CT molecular complexity index is 1160. The van der Waals surface area contributed by atoms with Crippen molar-refractivity contribution in [2.45, 2.75) is 24.9 Å². The first-order chi connectivity index (χ1) is 14.8. The number of aliphatic hydroxyl groups is 1. The van der Waals surface area contributed by atoms with Crippen LogP contribution in [0.2, 0.25) is 0 Å². The molecule has 1 aromatic carbocycles. The molecule has 2 aromatic heterocycles. The van der Waals surface area contributed by atoms with Gasteiger partial charge in [-0.25, -0.2) is 19.5 Å². The van der Waals surface area contributed by atoms with E-state index in [1.165, 1.54) is 12.7 Å². The van der Waals surface area contributed by atoms with Gasteiger partial charge in [0.05, 0.1) is 19.0 Å². The van der Waals surface area contributed by atoms with Gasteiger partial charge in [-0.2, -0.15) is 0 Å². The Morgan fingerprint density at radius 2 is 2.16 bits per heavy atom. The molecule has 1 saturated heterocycles. The van der Waals surface area contributed by atoms with Crippen molar-refractivity contribution >= 4 is 24.9 Å². The van der Waals surface area contributed by atoms with Crippen molar-refractivity contribution in [3.8, 4) is 11.3 Å².